The third kappa shape index (κ3) is 4.10. The molecule has 0 saturated carbocycles. The number of para-hydroxylation sites is 1. The molecule has 1 fully saturated rings. The molecule has 0 atom stereocenters. The molecule has 0 radical (unpaired) electrons. The highest BCUT2D eigenvalue weighted by Gasteiger charge is 2.24. The van der Waals surface area contributed by atoms with E-state index in [1.54, 1.807) is 34.7 Å². The van der Waals surface area contributed by atoms with Crippen LogP contribution in [0.2, 0.25) is 5.02 Å². The Balaban J connectivity index is 1.49. The largest absolute Gasteiger partial charge is 0.370 e. The number of aromatic nitrogens is 3. The fourth-order valence-corrected chi connectivity index (χ4v) is 3.72. The Morgan fingerprint density at radius 1 is 1.03 bits per heavy atom. The summed E-state index contributed by atoms with van der Waals surface area (Å²) in [7, 11) is 0. The minimum absolute atomic E-state index is 0.164. The van der Waals surface area contributed by atoms with Gasteiger partial charge < -0.3 is 9.80 Å². The molecule has 2 heterocycles. The van der Waals surface area contributed by atoms with Crippen molar-refractivity contribution >= 4 is 23.2 Å². The fourth-order valence-electron chi connectivity index (χ4n) is 3.50. The molecule has 1 saturated heterocycles. The highest BCUT2D eigenvalue weighted by Crippen LogP contribution is 2.21. The molecule has 1 aliphatic rings. The second-order valence-corrected chi connectivity index (χ2v) is 7.36. The molecule has 0 aliphatic carbocycles. The van der Waals surface area contributed by atoms with Crippen LogP contribution in [0.4, 0.5) is 10.1 Å². The molecule has 0 unspecified atom stereocenters. The SMILES string of the molecule is Cc1nc(C(=O)N2CCCN(c3ccc(F)cc3)CC2)nn1-c1ccccc1Cl. The molecule has 150 valence electrons. The van der Waals surface area contributed by atoms with Gasteiger partial charge in [-0.15, -0.1) is 5.10 Å². The quantitative estimate of drug-likeness (QED) is 0.656. The molecule has 6 nitrogen and oxygen atoms in total. The first-order valence-electron chi connectivity index (χ1n) is 9.51. The number of halogens is 2. The summed E-state index contributed by atoms with van der Waals surface area (Å²) in [5.41, 5.74) is 1.65. The summed E-state index contributed by atoms with van der Waals surface area (Å²) in [6, 6.07) is 13.8. The topological polar surface area (TPSA) is 54.3 Å². The van der Waals surface area contributed by atoms with E-state index in [2.05, 4.69) is 15.0 Å². The van der Waals surface area contributed by atoms with Gasteiger partial charge in [-0.2, -0.15) is 0 Å². The van der Waals surface area contributed by atoms with E-state index >= 15 is 0 Å². The Bertz CT molecular complexity index is 1020. The molecule has 8 heteroatoms. The van der Waals surface area contributed by atoms with Crippen molar-refractivity contribution in [1.29, 1.82) is 0 Å². The van der Waals surface area contributed by atoms with E-state index in [0.29, 0.717) is 36.2 Å². The zero-order valence-electron chi connectivity index (χ0n) is 16.1. The molecule has 0 bridgehead atoms. The molecule has 1 aliphatic heterocycles. The molecule has 0 N–H and O–H groups in total. The van der Waals surface area contributed by atoms with Crippen molar-refractivity contribution in [2.45, 2.75) is 13.3 Å². The Morgan fingerprint density at radius 2 is 1.79 bits per heavy atom. The molecule has 1 amide bonds. The van der Waals surface area contributed by atoms with E-state index < -0.39 is 0 Å². The summed E-state index contributed by atoms with van der Waals surface area (Å²) < 4.78 is 14.8. The normalized spacial score (nSPS) is 14.7. The van der Waals surface area contributed by atoms with Crippen LogP contribution in [0.15, 0.2) is 48.5 Å². The van der Waals surface area contributed by atoms with Gasteiger partial charge in [0.1, 0.15) is 11.6 Å². The van der Waals surface area contributed by atoms with Crippen LogP contribution in [0.5, 0.6) is 0 Å². The van der Waals surface area contributed by atoms with Crippen LogP contribution in [-0.2, 0) is 0 Å². The predicted molar refractivity (Wildman–Crippen MR) is 110 cm³/mol. The molecule has 1 aromatic heterocycles. The average Bonchev–Trinajstić information content (AvgIpc) is 2.94. The van der Waals surface area contributed by atoms with E-state index in [1.807, 2.05) is 18.2 Å². The van der Waals surface area contributed by atoms with Crippen LogP contribution >= 0.6 is 11.6 Å². The van der Waals surface area contributed by atoms with Gasteiger partial charge in [-0.25, -0.2) is 14.1 Å². The van der Waals surface area contributed by atoms with Crippen LogP contribution in [0.25, 0.3) is 5.69 Å². The summed E-state index contributed by atoms with van der Waals surface area (Å²) in [6.45, 7) is 4.44. The van der Waals surface area contributed by atoms with Gasteiger partial charge in [0.2, 0.25) is 5.82 Å². The number of hydrogen-bond acceptors (Lipinski definition) is 4. The van der Waals surface area contributed by atoms with Crippen molar-refractivity contribution in [1.82, 2.24) is 19.7 Å². The van der Waals surface area contributed by atoms with Crippen LogP contribution < -0.4 is 4.90 Å². The smallest absolute Gasteiger partial charge is 0.293 e. The molecular formula is C21H21ClFN5O. The summed E-state index contributed by atoms with van der Waals surface area (Å²) in [4.78, 5) is 21.3. The van der Waals surface area contributed by atoms with Crippen LogP contribution in [0.1, 0.15) is 22.9 Å². The second kappa shape index (κ2) is 8.21. The Hall–Kier alpha value is -2.93. The van der Waals surface area contributed by atoms with Crippen molar-refractivity contribution in [2.75, 3.05) is 31.1 Å². The van der Waals surface area contributed by atoms with Crippen molar-refractivity contribution in [3.05, 3.63) is 71.0 Å². The molecule has 29 heavy (non-hydrogen) atoms. The number of anilines is 1. The van der Waals surface area contributed by atoms with Crippen molar-refractivity contribution in [2.24, 2.45) is 0 Å². The highest BCUT2D eigenvalue weighted by atomic mass is 35.5. The number of amides is 1. The number of rotatable bonds is 3. The van der Waals surface area contributed by atoms with E-state index in [9.17, 15) is 9.18 Å². The third-order valence-corrected chi connectivity index (χ3v) is 5.34. The Kier molecular flexibility index (Phi) is 5.49. The number of carbonyl (C=O) groups is 1. The standard InChI is InChI=1S/C21H21ClFN5O/c1-15-24-20(25-28(15)19-6-3-2-5-18(19)22)21(29)27-12-4-11-26(13-14-27)17-9-7-16(23)8-10-17/h2-3,5-10H,4,11-14H2,1H3. The molecule has 0 spiro atoms. The lowest BCUT2D eigenvalue weighted by atomic mass is 10.2. The Morgan fingerprint density at radius 3 is 2.55 bits per heavy atom. The van der Waals surface area contributed by atoms with Gasteiger partial charge in [0, 0.05) is 31.9 Å². The number of hydrogen-bond donors (Lipinski definition) is 0. The monoisotopic (exact) mass is 413 g/mol. The first kappa shape index (κ1) is 19.4. The van der Waals surface area contributed by atoms with Crippen molar-refractivity contribution in [3.63, 3.8) is 0 Å². The van der Waals surface area contributed by atoms with Gasteiger partial charge in [-0.05, 0) is 49.7 Å². The lowest BCUT2D eigenvalue weighted by Crippen LogP contribution is -2.35. The zero-order valence-corrected chi connectivity index (χ0v) is 16.8. The lowest BCUT2D eigenvalue weighted by molar-refractivity contribution is 0.0755. The molecule has 3 aromatic rings. The number of nitrogens with zero attached hydrogens (tertiary/aromatic N) is 5. The summed E-state index contributed by atoms with van der Waals surface area (Å²) in [6.07, 6.45) is 0.813. The van der Waals surface area contributed by atoms with Crippen LogP contribution in [0, 0.1) is 12.7 Å². The van der Waals surface area contributed by atoms with Crippen molar-refractivity contribution in [3.8, 4) is 5.69 Å². The fraction of sp³-hybridized carbons (Fsp3) is 0.286. The predicted octanol–water partition coefficient (Wildman–Crippen LogP) is 3.72. The van der Waals surface area contributed by atoms with Gasteiger partial charge in [0.05, 0.1) is 10.7 Å². The minimum atomic E-state index is -0.254. The maximum atomic E-state index is 13.2. The minimum Gasteiger partial charge on any atom is -0.370 e. The zero-order chi connectivity index (χ0) is 20.4. The Labute approximate surface area is 173 Å². The maximum Gasteiger partial charge on any atom is 0.293 e. The molecular weight excluding hydrogens is 393 g/mol. The molecule has 4 rings (SSSR count). The van der Waals surface area contributed by atoms with Gasteiger partial charge in [0.25, 0.3) is 5.91 Å². The van der Waals surface area contributed by atoms with Crippen LogP contribution in [0.3, 0.4) is 0 Å². The van der Waals surface area contributed by atoms with Gasteiger partial charge in [-0.3, -0.25) is 4.79 Å². The average molecular weight is 414 g/mol. The number of benzene rings is 2. The van der Waals surface area contributed by atoms with Gasteiger partial charge in [-0.1, -0.05) is 23.7 Å². The highest BCUT2D eigenvalue weighted by molar-refractivity contribution is 6.32. The van der Waals surface area contributed by atoms with Gasteiger partial charge in [0.15, 0.2) is 0 Å². The molecule has 2 aromatic carbocycles. The first-order chi connectivity index (χ1) is 14.0. The second-order valence-electron chi connectivity index (χ2n) is 6.96. The first-order valence-corrected chi connectivity index (χ1v) is 9.89. The van der Waals surface area contributed by atoms with Crippen molar-refractivity contribution < 1.29 is 9.18 Å². The maximum absolute atomic E-state index is 13.2. The van der Waals surface area contributed by atoms with E-state index in [1.165, 1.54) is 12.1 Å². The summed E-state index contributed by atoms with van der Waals surface area (Å²) in [5, 5.41) is 4.95. The van der Waals surface area contributed by atoms with Gasteiger partial charge >= 0.3 is 0 Å². The van der Waals surface area contributed by atoms with E-state index in [4.69, 9.17) is 11.6 Å². The number of aryl methyl sites for hydroxylation is 1. The summed E-state index contributed by atoms with van der Waals surface area (Å²) >= 11 is 6.26. The van der Waals surface area contributed by atoms with E-state index in [-0.39, 0.29) is 17.5 Å². The third-order valence-electron chi connectivity index (χ3n) is 5.02. The van der Waals surface area contributed by atoms with E-state index in [0.717, 1.165) is 18.7 Å². The number of carbonyl (C=O) groups excluding carboxylic acids is 1. The van der Waals surface area contributed by atoms with Crippen LogP contribution in [-0.4, -0.2) is 51.8 Å². The summed E-state index contributed by atoms with van der Waals surface area (Å²) in [5.74, 6) is 0.317. The lowest BCUT2D eigenvalue weighted by Gasteiger charge is -2.23.